The van der Waals surface area contributed by atoms with E-state index in [9.17, 15) is 8.42 Å². The fraction of sp³-hybridized carbons (Fsp3) is 0.462. The lowest BCUT2D eigenvalue weighted by Gasteiger charge is -2.37. The first kappa shape index (κ1) is 24.6. The van der Waals surface area contributed by atoms with Crippen molar-refractivity contribution in [1.29, 1.82) is 0 Å². The Bertz CT molecular complexity index is 1270. The highest BCUT2D eigenvalue weighted by Crippen LogP contribution is 2.30. The Morgan fingerprint density at radius 1 is 0.943 bits per heavy atom. The van der Waals surface area contributed by atoms with E-state index in [2.05, 4.69) is 27.8 Å². The quantitative estimate of drug-likeness (QED) is 0.415. The van der Waals surface area contributed by atoms with Crippen LogP contribution in [0.1, 0.15) is 50.9 Å². The van der Waals surface area contributed by atoms with E-state index in [-0.39, 0.29) is 12.1 Å². The molecule has 2 aliphatic rings. The molecule has 0 bridgehead atoms. The summed E-state index contributed by atoms with van der Waals surface area (Å²) >= 11 is 3.37. The molecule has 1 aliphatic carbocycles. The van der Waals surface area contributed by atoms with Crippen LogP contribution >= 0.6 is 15.9 Å². The highest BCUT2D eigenvalue weighted by Gasteiger charge is 2.31. The number of benzene rings is 2. The zero-order valence-corrected chi connectivity index (χ0v) is 22.3. The number of piperazine rings is 1. The van der Waals surface area contributed by atoms with Crippen molar-refractivity contribution in [3.8, 4) is 5.88 Å². The minimum absolute atomic E-state index is 0.0501. The van der Waals surface area contributed by atoms with Crippen LogP contribution in [0.15, 0.2) is 57.9 Å². The van der Waals surface area contributed by atoms with Crippen molar-refractivity contribution in [2.45, 2.75) is 56.1 Å². The summed E-state index contributed by atoms with van der Waals surface area (Å²) in [4.78, 5) is 12.3. The SMILES string of the molecule is C[C@@H](c1nc(OC2CCCCC2)c2ccccc2n1)N1CCN(S(=O)(=O)c2ccc(Br)cc2)CC1. The molecule has 35 heavy (non-hydrogen) atoms. The first-order chi connectivity index (χ1) is 16.9. The van der Waals surface area contributed by atoms with Crippen LogP contribution in [0, 0.1) is 0 Å². The number of nitrogens with zero attached hydrogens (tertiary/aromatic N) is 4. The number of ether oxygens (including phenoxy) is 1. The molecule has 1 aromatic heterocycles. The van der Waals surface area contributed by atoms with E-state index in [1.165, 1.54) is 19.3 Å². The minimum atomic E-state index is -3.51. The van der Waals surface area contributed by atoms with E-state index >= 15 is 0 Å². The Morgan fingerprint density at radius 2 is 1.63 bits per heavy atom. The number of aromatic nitrogens is 2. The Hall–Kier alpha value is -2.07. The van der Waals surface area contributed by atoms with E-state index in [0.717, 1.165) is 34.0 Å². The molecular formula is C26H31BrN4O3S. The van der Waals surface area contributed by atoms with Crippen molar-refractivity contribution in [3.05, 3.63) is 58.8 Å². The standard InChI is InChI=1S/C26H31BrN4O3S/c1-19(30-15-17-31(18-16-30)35(32,33)22-13-11-20(27)12-14-22)25-28-24-10-6-5-9-23(24)26(29-25)34-21-7-3-2-4-8-21/h5-6,9-14,19,21H,2-4,7-8,15-18H2,1H3/t19-/m0/s1. The maximum atomic E-state index is 13.1. The lowest BCUT2D eigenvalue weighted by molar-refractivity contribution is 0.135. The Labute approximate surface area is 215 Å². The average molecular weight is 560 g/mol. The van der Waals surface area contributed by atoms with E-state index in [1.807, 2.05) is 24.3 Å². The Kier molecular flexibility index (Phi) is 7.39. The summed E-state index contributed by atoms with van der Waals surface area (Å²) in [6.07, 6.45) is 6.01. The maximum absolute atomic E-state index is 13.1. The van der Waals surface area contributed by atoms with Gasteiger partial charge in [-0.05, 0) is 69.0 Å². The van der Waals surface area contributed by atoms with Gasteiger partial charge in [-0.1, -0.05) is 34.5 Å². The molecule has 2 aromatic carbocycles. The van der Waals surface area contributed by atoms with Crippen LogP contribution in [0.3, 0.4) is 0 Å². The van der Waals surface area contributed by atoms with Gasteiger partial charge < -0.3 is 4.74 Å². The predicted octanol–water partition coefficient (Wildman–Crippen LogP) is 5.17. The van der Waals surface area contributed by atoms with Crippen molar-refractivity contribution < 1.29 is 13.2 Å². The number of fused-ring (bicyclic) bond motifs is 1. The molecule has 186 valence electrons. The lowest BCUT2D eigenvalue weighted by atomic mass is 9.98. The predicted molar refractivity (Wildman–Crippen MR) is 140 cm³/mol. The van der Waals surface area contributed by atoms with E-state index < -0.39 is 10.0 Å². The third-order valence-electron chi connectivity index (χ3n) is 7.06. The van der Waals surface area contributed by atoms with Crippen LogP contribution in [0.25, 0.3) is 10.9 Å². The molecule has 9 heteroatoms. The molecule has 0 amide bonds. The van der Waals surface area contributed by atoms with Crippen LogP contribution in [0.2, 0.25) is 0 Å². The third kappa shape index (κ3) is 5.38. The fourth-order valence-corrected chi connectivity index (χ4v) is 6.62. The molecule has 5 rings (SSSR count). The highest BCUT2D eigenvalue weighted by atomic mass is 79.9. The monoisotopic (exact) mass is 558 g/mol. The second-order valence-corrected chi connectivity index (χ2v) is 12.2. The lowest BCUT2D eigenvalue weighted by Crippen LogP contribution is -2.49. The normalized spacial score (nSPS) is 19.6. The summed E-state index contributed by atoms with van der Waals surface area (Å²) in [5.41, 5.74) is 0.881. The van der Waals surface area contributed by atoms with Crippen LogP contribution in [0.5, 0.6) is 5.88 Å². The number of para-hydroxylation sites is 1. The van der Waals surface area contributed by atoms with Gasteiger partial charge in [-0.15, -0.1) is 0 Å². The molecule has 0 N–H and O–H groups in total. The molecule has 1 aliphatic heterocycles. The highest BCUT2D eigenvalue weighted by molar-refractivity contribution is 9.10. The summed E-state index contributed by atoms with van der Waals surface area (Å²) in [6, 6.07) is 14.8. The van der Waals surface area contributed by atoms with E-state index in [0.29, 0.717) is 37.0 Å². The molecule has 2 heterocycles. The van der Waals surface area contributed by atoms with Gasteiger partial charge in [-0.25, -0.2) is 13.4 Å². The van der Waals surface area contributed by atoms with Crippen LogP contribution < -0.4 is 4.74 Å². The van der Waals surface area contributed by atoms with Crippen molar-refractivity contribution in [3.63, 3.8) is 0 Å². The van der Waals surface area contributed by atoms with Crippen molar-refractivity contribution in [2.75, 3.05) is 26.2 Å². The molecule has 0 radical (unpaired) electrons. The summed E-state index contributed by atoms with van der Waals surface area (Å²) in [7, 11) is -3.51. The second-order valence-electron chi connectivity index (χ2n) is 9.35. The third-order valence-corrected chi connectivity index (χ3v) is 9.50. The minimum Gasteiger partial charge on any atom is -0.474 e. The summed E-state index contributed by atoms with van der Waals surface area (Å²) in [5.74, 6) is 1.39. The molecule has 7 nitrogen and oxygen atoms in total. The van der Waals surface area contributed by atoms with Gasteiger partial charge in [-0.2, -0.15) is 9.29 Å². The largest absolute Gasteiger partial charge is 0.474 e. The topological polar surface area (TPSA) is 75.6 Å². The number of halogens is 1. The van der Waals surface area contributed by atoms with Gasteiger partial charge in [0.2, 0.25) is 15.9 Å². The number of hydrogen-bond donors (Lipinski definition) is 0. The van der Waals surface area contributed by atoms with E-state index in [1.54, 1.807) is 28.6 Å². The van der Waals surface area contributed by atoms with Gasteiger partial charge in [0.15, 0.2) is 0 Å². The zero-order valence-electron chi connectivity index (χ0n) is 19.9. The van der Waals surface area contributed by atoms with E-state index in [4.69, 9.17) is 14.7 Å². The van der Waals surface area contributed by atoms with Gasteiger partial charge in [-0.3, -0.25) is 4.90 Å². The number of rotatable bonds is 6. The molecule has 2 fully saturated rings. The van der Waals surface area contributed by atoms with Gasteiger partial charge in [0, 0.05) is 30.7 Å². The maximum Gasteiger partial charge on any atom is 0.243 e. The van der Waals surface area contributed by atoms with Crippen LogP contribution in [-0.4, -0.2) is 59.9 Å². The van der Waals surface area contributed by atoms with Gasteiger partial charge in [0.05, 0.1) is 21.8 Å². The number of sulfonamides is 1. The molecular weight excluding hydrogens is 528 g/mol. The number of hydrogen-bond acceptors (Lipinski definition) is 6. The molecule has 0 unspecified atom stereocenters. The van der Waals surface area contributed by atoms with Gasteiger partial charge >= 0.3 is 0 Å². The second kappa shape index (κ2) is 10.5. The molecule has 1 atom stereocenters. The Balaban J connectivity index is 1.32. The molecule has 0 spiro atoms. The summed E-state index contributed by atoms with van der Waals surface area (Å²) < 4.78 is 35.0. The average Bonchev–Trinajstić information content (AvgIpc) is 2.89. The fourth-order valence-electron chi connectivity index (χ4n) is 4.93. The van der Waals surface area contributed by atoms with Crippen molar-refractivity contribution in [2.24, 2.45) is 0 Å². The van der Waals surface area contributed by atoms with Crippen molar-refractivity contribution in [1.82, 2.24) is 19.2 Å². The molecule has 1 saturated carbocycles. The zero-order chi connectivity index (χ0) is 24.4. The molecule has 3 aromatic rings. The van der Waals surface area contributed by atoms with Crippen LogP contribution in [-0.2, 0) is 10.0 Å². The first-order valence-corrected chi connectivity index (χ1v) is 14.6. The first-order valence-electron chi connectivity index (χ1n) is 12.3. The van der Waals surface area contributed by atoms with Crippen LogP contribution in [0.4, 0.5) is 0 Å². The molecule has 1 saturated heterocycles. The van der Waals surface area contributed by atoms with Crippen molar-refractivity contribution >= 4 is 36.9 Å². The summed E-state index contributed by atoms with van der Waals surface area (Å²) in [6.45, 7) is 4.19. The summed E-state index contributed by atoms with van der Waals surface area (Å²) in [5, 5.41) is 0.944. The van der Waals surface area contributed by atoms with Gasteiger partial charge in [0.1, 0.15) is 11.9 Å². The Morgan fingerprint density at radius 3 is 2.34 bits per heavy atom. The van der Waals surface area contributed by atoms with Gasteiger partial charge in [0.25, 0.3) is 0 Å². The smallest absolute Gasteiger partial charge is 0.243 e.